The monoisotopic (exact) mass is 274 g/mol. The average Bonchev–Trinajstić information content (AvgIpc) is 2.13. The van der Waals surface area contributed by atoms with E-state index in [0.29, 0.717) is 0 Å². The van der Waals surface area contributed by atoms with Gasteiger partial charge in [-0.3, -0.25) is 14.1 Å². The van der Waals surface area contributed by atoms with Gasteiger partial charge in [0.05, 0.1) is 11.3 Å². The van der Waals surface area contributed by atoms with Gasteiger partial charge in [0.2, 0.25) is 5.91 Å². The number of rotatable bonds is 4. The molecule has 0 radical (unpaired) electrons. The summed E-state index contributed by atoms with van der Waals surface area (Å²) in [5, 5.41) is 2.41. The molecule has 0 spiro atoms. The molecule has 0 bridgehead atoms. The zero-order valence-electron chi connectivity index (χ0n) is 9.71. The van der Waals surface area contributed by atoms with Crippen LogP contribution >= 0.6 is 0 Å². The van der Waals surface area contributed by atoms with Crippen LogP contribution in [0.2, 0.25) is 0 Å². The average molecular weight is 274 g/mol. The highest BCUT2D eigenvalue weighted by Crippen LogP contribution is 2.19. The van der Waals surface area contributed by atoms with Crippen molar-refractivity contribution < 1.29 is 22.6 Å². The van der Waals surface area contributed by atoms with Crippen molar-refractivity contribution in [3.8, 4) is 0 Å². The van der Waals surface area contributed by atoms with E-state index in [2.05, 4.69) is 5.32 Å². The number of ketones is 1. The molecular weight excluding hydrogens is 260 g/mol. The predicted molar refractivity (Wildman–Crippen MR) is 63.7 cm³/mol. The first kappa shape index (κ1) is 14.6. The van der Waals surface area contributed by atoms with Gasteiger partial charge in [0.15, 0.2) is 0 Å². The van der Waals surface area contributed by atoms with Crippen molar-refractivity contribution in [3.63, 3.8) is 0 Å². The molecule has 1 aliphatic rings. The summed E-state index contributed by atoms with van der Waals surface area (Å²) >= 11 is 0. The first-order valence-electron chi connectivity index (χ1n) is 5.09. The van der Waals surface area contributed by atoms with Gasteiger partial charge in [0, 0.05) is 6.42 Å². The number of hydrogen-bond donors (Lipinski definition) is 3. The van der Waals surface area contributed by atoms with Crippen LogP contribution in [-0.4, -0.2) is 30.3 Å². The van der Waals surface area contributed by atoms with Crippen molar-refractivity contribution in [2.75, 3.05) is 0 Å². The third-order valence-electron chi connectivity index (χ3n) is 2.27. The van der Waals surface area contributed by atoms with Crippen LogP contribution in [0.3, 0.4) is 0 Å². The topological polar surface area (TPSA) is 127 Å². The summed E-state index contributed by atoms with van der Waals surface area (Å²) in [6.45, 7) is 1.27. The van der Waals surface area contributed by atoms with Gasteiger partial charge >= 0.3 is 0 Å². The highest BCUT2D eigenvalue weighted by atomic mass is 32.2. The Labute approximate surface area is 104 Å². The maximum Gasteiger partial charge on any atom is 0.294 e. The first-order valence-corrected chi connectivity index (χ1v) is 6.53. The van der Waals surface area contributed by atoms with E-state index >= 15 is 0 Å². The maximum absolute atomic E-state index is 11.4. The van der Waals surface area contributed by atoms with E-state index in [1.54, 1.807) is 0 Å². The third-order valence-corrected chi connectivity index (χ3v) is 3.16. The molecule has 0 aromatic rings. The Morgan fingerprint density at radius 2 is 2.17 bits per heavy atom. The molecule has 4 N–H and O–H groups in total. The van der Waals surface area contributed by atoms with Crippen LogP contribution in [-0.2, 0) is 19.7 Å². The maximum atomic E-state index is 11.4. The molecule has 0 fully saturated rings. The lowest BCUT2D eigenvalue weighted by Crippen LogP contribution is -2.55. The standard InChI is InChI=1S/C10H14N2O5S/c1-7(13)6-9(14)12-10(11)4-2-8(3-5-10)18(15,16)17/h2-4H,5-6,11H2,1H3,(H,12,14)(H,15,16,17). The molecule has 1 atom stereocenters. The number of carbonyl (C=O) groups is 2. The second-order valence-corrected chi connectivity index (χ2v) is 5.51. The van der Waals surface area contributed by atoms with Crippen LogP contribution in [0.15, 0.2) is 23.1 Å². The van der Waals surface area contributed by atoms with Crippen LogP contribution in [0, 0.1) is 0 Å². The number of amides is 1. The van der Waals surface area contributed by atoms with Gasteiger partial charge < -0.3 is 11.1 Å². The van der Waals surface area contributed by atoms with Crippen LogP contribution in [0.1, 0.15) is 19.8 Å². The number of nitrogens with one attached hydrogen (secondary N) is 1. The summed E-state index contributed by atoms with van der Waals surface area (Å²) in [7, 11) is -4.27. The molecule has 8 heteroatoms. The second kappa shape index (κ2) is 5.01. The molecule has 100 valence electrons. The molecule has 0 heterocycles. The van der Waals surface area contributed by atoms with E-state index in [-0.39, 0.29) is 23.5 Å². The Bertz CT molecular complexity index is 534. The highest BCUT2D eigenvalue weighted by molar-refractivity contribution is 7.90. The summed E-state index contributed by atoms with van der Waals surface area (Å²) in [5.74, 6) is -0.844. The Balaban J connectivity index is 2.72. The second-order valence-electron chi connectivity index (χ2n) is 4.09. The number of allylic oxidation sites excluding steroid dienone is 1. The van der Waals surface area contributed by atoms with E-state index < -0.39 is 21.7 Å². The molecule has 18 heavy (non-hydrogen) atoms. The fourth-order valence-electron chi connectivity index (χ4n) is 1.45. The molecule has 0 saturated heterocycles. The van der Waals surface area contributed by atoms with Crippen LogP contribution in [0.25, 0.3) is 0 Å². The summed E-state index contributed by atoms with van der Waals surface area (Å²) in [6, 6.07) is 0. The molecular formula is C10H14N2O5S. The van der Waals surface area contributed by atoms with Gasteiger partial charge in [-0.25, -0.2) is 0 Å². The number of Topliss-reactive ketones (excluding diaryl/α,β-unsaturated/α-hetero) is 1. The normalized spacial score (nSPS) is 23.4. The molecule has 0 aliphatic heterocycles. The van der Waals surface area contributed by atoms with E-state index in [1.165, 1.54) is 19.1 Å². The van der Waals surface area contributed by atoms with Gasteiger partial charge in [-0.05, 0) is 19.1 Å². The predicted octanol–water partition coefficient (Wildman–Crippen LogP) is -0.532. The lowest BCUT2D eigenvalue weighted by atomic mass is 10.0. The molecule has 1 aliphatic carbocycles. The summed E-state index contributed by atoms with van der Waals surface area (Å²) in [5.41, 5.74) is 4.54. The minimum atomic E-state index is -4.27. The van der Waals surface area contributed by atoms with E-state index in [4.69, 9.17) is 10.3 Å². The molecule has 0 aromatic carbocycles. The molecule has 1 amide bonds. The molecule has 1 unspecified atom stereocenters. The Hall–Kier alpha value is -1.51. The van der Waals surface area contributed by atoms with Crippen molar-refractivity contribution >= 4 is 21.8 Å². The lowest BCUT2D eigenvalue weighted by molar-refractivity contribution is -0.128. The summed E-state index contributed by atoms with van der Waals surface area (Å²) in [4.78, 5) is 21.8. The van der Waals surface area contributed by atoms with Crippen LogP contribution in [0.5, 0.6) is 0 Å². The van der Waals surface area contributed by atoms with Gasteiger partial charge in [0.1, 0.15) is 11.4 Å². The van der Waals surface area contributed by atoms with Gasteiger partial charge in [-0.15, -0.1) is 0 Å². The minimum absolute atomic E-state index is 0.00225. The van der Waals surface area contributed by atoms with E-state index in [9.17, 15) is 18.0 Å². The van der Waals surface area contributed by atoms with Crippen molar-refractivity contribution in [1.82, 2.24) is 5.32 Å². The fraction of sp³-hybridized carbons (Fsp3) is 0.400. The molecule has 1 rings (SSSR count). The quantitative estimate of drug-likeness (QED) is 0.359. The van der Waals surface area contributed by atoms with Gasteiger partial charge in [0.25, 0.3) is 10.1 Å². The smallest absolute Gasteiger partial charge is 0.294 e. The van der Waals surface area contributed by atoms with Crippen molar-refractivity contribution in [3.05, 3.63) is 23.1 Å². The zero-order chi connectivity index (χ0) is 14.0. The Kier molecular flexibility index (Phi) is 4.05. The lowest BCUT2D eigenvalue weighted by Gasteiger charge is -2.28. The zero-order valence-corrected chi connectivity index (χ0v) is 10.5. The van der Waals surface area contributed by atoms with Crippen molar-refractivity contribution in [1.29, 1.82) is 0 Å². The summed E-state index contributed by atoms with van der Waals surface area (Å²) < 4.78 is 30.4. The van der Waals surface area contributed by atoms with Crippen LogP contribution in [0.4, 0.5) is 0 Å². The fourth-order valence-corrected chi connectivity index (χ4v) is 1.98. The van der Waals surface area contributed by atoms with Crippen molar-refractivity contribution in [2.45, 2.75) is 25.4 Å². The number of hydrogen-bond acceptors (Lipinski definition) is 5. The third kappa shape index (κ3) is 4.06. The molecule has 0 saturated carbocycles. The number of nitrogens with two attached hydrogens (primary N) is 1. The minimum Gasteiger partial charge on any atom is -0.334 e. The molecule has 7 nitrogen and oxygen atoms in total. The first-order chi connectivity index (χ1) is 8.12. The Morgan fingerprint density at radius 3 is 2.56 bits per heavy atom. The van der Waals surface area contributed by atoms with Crippen molar-refractivity contribution in [2.24, 2.45) is 5.73 Å². The van der Waals surface area contributed by atoms with E-state index in [0.717, 1.165) is 6.08 Å². The summed E-state index contributed by atoms with van der Waals surface area (Å²) in [6.07, 6.45) is 3.27. The largest absolute Gasteiger partial charge is 0.334 e. The van der Waals surface area contributed by atoms with E-state index in [1.807, 2.05) is 0 Å². The van der Waals surface area contributed by atoms with Crippen LogP contribution < -0.4 is 11.1 Å². The van der Waals surface area contributed by atoms with Gasteiger partial charge in [-0.2, -0.15) is 8.42 Å². The highest BCUT2D eigenvalue weighted by Gasteiger charge is 2.28. The van der Waals surface area contributed by atoms with Gasteiger partial charge in [-0.1, -0.05) is 6.08 Å². The number of carbonyl (C=O) groups excluding carboxylic acids is 2. The Morgan fingerprint density at radius 1 is 1.56 bits per heavy atom. The SMILES string of the molecule is CC(=O)CC(=O)NC1(N)C=CC(S(=O)(=O)O)=CC1. The molecule has 0 aromatic heterocycles.